The molecule has 0 unspecified atom stereocenters. The van der Waals surface area contributed by atoms with Crippen LogP contribution in [-0.4, -0.2) is 5.78 Å². The normalized spacial score (nSPS) is 14.7. The quantitative estimate of drug-likeness (QED) is 0.696. The zero-order valence-corrected chi connectivity index (χ0v) is 10.1. The first-order valence-electron chi connectivity index (χ1n) is 5.26. The lowest BCUT2D eigenvalue weighted by Gasteiger charge is -2.08. The molecule has 0 N–H and O–H groups in total. The largest absolute Gasteiger partial charge is 0.294 e. The van der Waals surface area contributed by atoms with E-state index in [0.717, 1.165) is 12.0 Å². The van der Waals surface area contributed by atoms with Gasteiger partial charge in [0.05, 0.1) is 0 Å². The highest BCUT2D eigenvalue weighted by Crippen LogP contribution is 2.30. The number of hydrogen-bond donors (Lipinski definition) is 0. The molecule has 0 amide bonds. The van der Waals surface area contributed by atoms with Crippen LogP contribution in [0, 0.1) is 0 Å². The number of rotatable bonds is 2. The Hall–Kier alpha value is -1.34. The summed E-state index contributed by atoms with van der Waals surface area (Å²) in [4.78, 5) is 11.6. The molecule has 1 aromatic rings. The van der Waals surface area contributed by atoms with Crippen molar-refractivity contribution in [2.24, 2.45) is 0 Å². The van der Waals surface area contributed by atoms with E-state index in [1.54, 1.807) is 13.0 Å². The minimum atomic E-state index is 0.0583. The minimum absolute atomic E-state index is 0.0583. The molecule has 1 nitrogen and oxygen atoms in total. The van der Waals surface area contributed by atoms with Gasteiger partial charge < -0.3 is 0 Å². The van der Waals surface area contributed by atoms with Crippen molar-refractivity contribution >= 4 is 23.0 Å². The molecule has 0 radical (unpaired) electrons. The molecule has 1 aromatic carbocycles. The molecule has 0 aliphatic heterocycles. The second kappa shape index (κ2) is 4.26. The van der Waals surface area contributed by atoms with Gasteiger partial charge in [-0.25, -0.2) is 0 Å². The zero-order valence-electron chi connectivity index (χ0n) is 9.38. The molecule has 16 heavy (non-hydrogen) atoms. The molecule has 82 valence electrons. The van der Waals surface area contributed by atoms with E-state index < -0.39 is 0 Å². The highest BCUT2D eigenvalue weighted by molar-refractivity contribution is 6.31. The molecule has 0 heterocycles. The van der Waals surface area contributed by atoms with Gasteiger partial charge in [-0.15, -0.1) is 0 Å². The monoisotopic (exact) mass is 232 g/mol. The third kappa shape index (κ3) is 2.10. The molecule has 0 bridgehead atoms. The summed E-state index contributed by atoms with van der Waals surface area (Å²) in [6, 6.07) is 5.50. The Kier molecular flexibility index (Phi) is 2.97. The van der Waals surface area contributed by atoms with Crippen LogP contribution in [0.25, 0.3) is 5.57 Å². The van der Waals surface area contributed by atoms with Crippen molar-refractivity contribution in [3.05, 3.63) is 52.1 Å². The van der Waals surface area contributed by atoms with Gasteiger partial charge in [0.2, 0.25) is 0 Å². The van der Waals surface area contributed by atoms with Gasteiger partial charge in [-0.05, 0) is 43.5 Å². The number of carbonyl (C=O) groups is 1. The van der Waals surface area contributed by atoms with Gasteiger partial charge in [0.1, 0.15) is 0 Å². The summed E-state index contributed by atoms with van der Waals surface area (Å²) < 4.78 is 0. The van der Waals surface area contributed by atoms with Crippen LogP contribution >= 0.6 is 11.6 Å². The van der Waals surface area contributed by atoms with E-state index in [0.29, 0.717) is 10.6 Å². The second-order valence-electron chi connectivity index (χ2n) is 4.07. The van der Waals surface area contributed by atoms with Crippen LogP contribution in [-0.2, 0) is 0 Å². The molecule has 0 fully saturated rings. The Bertz CT molecular complexity index is 509. The predicted octanol–water partition coefficient (Wildman–Crippen LogP) is 4.28. The number of halogens is 1. The molecule has 0 atom stereocenters. The Morgan fingerprint density at radius 1 is 1.38 bits per heavy atom. The summed E-state index contributed by atoms with van der Waals surface area (Å²) >= 11 is 5.91. The maximum absolute atomic E-state index is 11.6. The fourth-order valence-electron chi connectivity index (χ4n) is 1.94. The number of Topliss-reactive ketones (excluding diaryl/α,β-unsaturated/α-hetero) is 1. The molecule has 0 spiro atoms. The maximum atomic E-state index is 11.6. The van der Waals surface area contributed by atoms with Gasteiger partial charge in [-0.2, -0.15) is 0 Å². The zero-order chi connectivity index (χ0) is 11.7. The van der Waals surface area contributed by atoms with E-state index >= 15 is 0 Å². The van der Waals surface area contributed by atoms with Gasteiger partial charge in [0.25, 0.3) is 0 Å². The van der Waals surface area contributed by atoms with Crippen LogP contribution in [0.2, 0.25) is 5.02 Å². The summed E-state index contributed by atoms with van der Waals surface area (Å²) in [6.07, 6.45) is 5.18. The first-order valence-corrected chi connectivity index (χ1v) is 5.64. The summed E-state index contributed by atoms with van der Waals surface area (Å²) in [5.74, 6) is 0.0583. The molecular formula is C14H13ClO. The lowest BCUT2D eigenvalue weighted by atomic mass is 9.97. The summed E-state index contributed by atoms with van der Waals surface area (Å²) in [7, 11) is 0. The lowest BCUT2D eigenvalue weighted by Crippen LogP contribution is -1.98. The molecule has 0 saturated carbocycles. The first-order chi connectivity index (χ1) is 7.58. The highest BCUT2D eigenvalue weighted by atomic mass is 35.5. The number of carbonyl (C=O) groups excluding carboxylic acids is 1. The number of benzene rings is 1. The average Bonchev–Trinajstić information content (AvgIpc) is 2.64. The van der Waals surface area contributed by atoms with Crippen molar-refractivity contribution in [1.29, 1.82) is 0 Å². The van der Waals surface area contributed by atoms with Gasteiger partial charge in [0.15, 0.2) is 5.78 Å². The minimum Gasteiger partial charge on any atom is -0.294 e. The fourth-order valence-corrected chi connectivity index (χ4v) is 2.11. The van der Waals surface area contributed by atoms with E-state index in [-0.39, 0.29) is 5.78 Å². The van der Waals surface area contributed by atoms with E-state index in [4.69, 9.17) is 11.6 Å². The molecular weight excluding hydrogens is 220 g/mol. The predicted molar refractivity (Wildman–Crippen MR) is 67.8 cm³/mol. The molecule has 2 rings (SSSR count). The van der Waals surface area contributed by atoms with Crippen LogP contribution in [0.5, 0.6) is 0 Å². The molecule has 1 aliphatic rings. The van der Waals surface area contributed by atoms with Crippen molar-refractivity contribution in [1.82, 2.24) is 0 Å². The van der Waals surface area contributed by atoms with Crippen molar-refractivity contribution in [3.63, 3.8) is 0 Å². The third-order valence-corrected chi connectivity index (χ3v) is 2.99. The summed E-state index contributed by atoms with van der Waals surface area (Å²) in [6.45, 7) is 3.64. The third-order valence-electron chi connectivity index (χ3n) is 2.75. The maximum Gasteiger partial charge on any atom is 0.160 e. The number of hydrogen-bond acceptors (Lipinski definition) is 1. The van der Waals surface area contributed by atoms with Crippen LogP contribution in [0.3, 0.4) is 0 Å². The number of ketones is 1. The molecule has 2 heteroatoms. The average molecular weight is 233 g/mol. The van der Waals surface area contributed by atoms with Crippen molar-refractivity contribution < 1.29 is 4.79 Å². The second-order valence-corrected chi connectivity index (χ2v) is 4.50. The van der Waals surface area contributed by atoms with Crippen molar-refractivity contribution in [2.75, 3.05) is 0 Å². The number of allylic oxidation sites excluding steroid dienone is 4. The fraction of sp³-hybridized carbons (Fsp3) is 0.214. The first kappa shape index (κ1) is 11.2. The van der Waals surface area contributed by atoms with E-state index in [9.17, 15) is 4.79 Å². The van der Waals surface area contributed by atoms with Gasteiger partial charge in [-0.3, -0.25) is 4.79 Å². The molecule has 1 aliphatic carbocycles. The van der Waals surface area contributed by atoms with Gasteiger partial charge >= 0.3 is 0 Å². The Morgan fingerprint density at radius 2 is 2.12 bits per heavy atom. The Labute approximate surface area is 100 Å². The van der Waals surface area contributed by atoms with Crippen molar-refractivity contribution in [2.45, 2.75) is 20.3 Å². The van der Waals surface area contributed by atoms with E-state index in [1.807, 2.05) is 12.1 Å². The Balaban J connectivity index is 2.49. The summed E-state index contributed by atoms with van der Waals surface area (Å²) in [5.41, 5.74) is 4.16. The molecule has 0 saturated heterocycles. The Morgan fingerprint density at radius 3 is 2.69 bits per heavy atom. The van der Waals surface area contributed by atoms with Gasteiger partial charge in [-0.1, -0.05) is 35.4 Å². The van der Waals surface area contributed by atoms with Crippen LogP contribution in [0.4, 0.5) is 0 Å². The van der Waals surface area contributed by atoms with E-state index in [2.05, 4.69) is 19.1 Å². The van der Waals surface area contributed by atoms with Crippen LogP contribution in [0.15, 0.2) is 35.9 Å². The lowest BCUT2D eigenvalue weighted by molar-refractivity contribution is 0.101. The van der Waals surface area contributed by atoms with Gasteiger partial charge in [0, 0.05) is 10.6 Å². The van der Waals surface area contributed by atoms with Crippen molar-refractivity contribution in [3.8, 4) is 0 Å². The van der Waals surface area contributed by atoms with E-state index in [1.165, 1.54) is 11.1 Å². The molecule has 0 aromatic heterocycles. The van der Waals surface area contributed by atoms with Crippen LogP contribution < -0.4 is 0 Å². The van der Waals surface area contributed by atoms with Crippen LogP contribution in [0.1, 0.15) is 36.2 Å². The standard InChI is InChI=1S/C14H13ClO/c1-9-3-4-11(7-9)13-6-5-12(15)8-14(13)10(2)16/h3,5-8H,4H2,1-2H3. The summed E-state index contributed by atoms with van der Waals surface area (Å²) in [5, 5.41) is 0.609. The smallest absolute Gasteiger partial charge is 0.160 e. The SMILES string of the molecule is CC(=O)c1cc(Cl)ccc1C1=CC(C)=CC1. The topological polar surface area (TPSA) is 17.1 Å². The highest BCUT2D eigenvalue weighted by Gasteiger charge is 2.13.